The molecular formula is C74H116N14O31. The number of carbonyl (C=O) groups is 23. The summed E-state index contributed by atoms with van der Waals surface area (Å²) < 4.78 is 39.3. The zero-order valence-corrected chi connectivity index (χ0v) is 68.5. The van der Waals surface area contributed by atoms with E-state index in [0.717, 1.165) is 0 Å². The van der Waals surface area contributed by atoms with Crippen LogP contribution in [0.15, 0.2) is 0 Å². The Bertz CT molecular complexity index is 3490. The predicted octanol–water partition coefficient (Wildman–Crippen LogP) is -8.49. The second kappa shape index (κ2) is 61.7. The van der Waals surface area contributed by atoms with Gasteiger partial charge in [-0.2, -0.15) is 0 Å². The lowest BCUT2D eigenvalue weighted by molar-refractivity contribution is -0.142. The van der Waals surface area contributed by atoms with Crippen molar-refractivity contribution in [2.24, 2.45) is 17.6 Å². The number of nitrogens with zero attached hydrogens (tertiary/aromatic N) is 1. The van der Waals surface area contributed by atoms with Crippen molar-refractivity contribution in [1.29, 1.82) is 0 Å². The zero-order valence-electron chi connectivity index (χ0n) is 68.5. The molecule has 0 spiro atoms. The molecule has 119 heavy (non-hydrogen) atoms. The van der Waals surface area contributed by atoms with Crippen LogP contribution in [0.25, 0.3) is 0 Å². The van der Waals surface area contributed by atoms with Crippen LogP contribution in [0.1, 0.15) is 116 Å². The van der Waals surface area contributed by atoms with Gasteiger partial charge in [0.25, 0.3) is 47.3 Å². The van der Waals surface area contributed by atoms with E-state index in [0.29, 0.717) is 0 Å². The Balaban J connectivity index is 4.31. The molecule has 14 N–H and O–H groups in total. The third kappa shape index (κ3) is 43.1. The maximum absolute atomic E-state index is 15.3. The molecule has 0 aliphatic carbocycles. The number of nitrogens with two attached hydrogens (primary N) is 1. The van der Waals surface area contributed by atoms with Crippen LogP contribution < -0.4 is 69.5 Å². The van der Waals surface area contributed by atoms with Crippen molar-refractivity contribution in [2.75, 3.05) is 169 Å². The molecule has 1 heterocycles. The van der Waals surface area contributed by atoms with Crippen LogP contribution in [0, 0.1) is 11.8 Å². The number of Topliss-reactive ketones (excluding diaryl/α,β-unsaturated/α-hetero) is 10. The molecule has 7 unspecified atom stereocenters. The normalized spacial score (nSPS) is 14.1. The van der Waals surface area contributed by atoms with E-state index in [1.165, 1.54) is 61.8 Å². The average Bonchev–Trinajstić information content (AvgIpc) is 1.81. The first-order chi connectivity index (χ1) is 56.7. The number of rotatable bonds is 70. The lowest BCUT2D eigenvalue weighted by Crippen LogP contribution is -2.56. The fraction of sp³-hybridized carbons (Fsp3) is 0.689. The van der Waals surface area contributed by atoms with Gasteiger partial charge in [0.05, 0.1) is 83.1 Å². The quantitative estimate of drug-likeness (QED) is 0.0199. The van der Waals surface area contributed by atoms with E-state index in [2.05, 4.69) is 63.8 Å². The number of methoxy groups -OCH3 is 8. The molecule has 0 radical (unpaired) electrons. The number of hydrogen-bond donors (Lipinski definition) is 13. The van der Waals surface area contributed by atoms with Gasteiger partial charge in [-0.15, -0.1) is 0 Å². The molecule has 1 aliphatic heterocycles. The molecule has 1 saturated heterocycles. The second-order valence-corrected chi connectivity index (χ2v) is 26.9. The molecule has 0 bridgehead atoms. The van der Waals surface area contributed by atoms with Crippen molar-refractivity contribution in [3.05, 3.63) is 0 Å². The van der Waals surface area contributed by atoms with Crippen molar-refractivity contribution in [2.45, 2.75) is 152 Å². The van der Waals surface area contributed by atoms with E-state index in [1.807, 2.05) is 0 Å². The molecule has 0 aromatic carbocycles. The van der Waals surface area contributed by atoms with Crippen LogP contribution in [-0.2, 0) is 148 Å². The molecule has 1 aliphatic rings. The number of hydrogen-bond acceptors (Lipinski definition) is 32. The largest absolute Gasteiger partial charge is 0.383 e. The SMILES string of the molecule is COCCNC(=O)C(=O)CCC(CC(=O)CCC(NC(=O)CCC(C(=O)NC(CCC(=O)NC(CCC(=O)C(=O)NCCOC)C(=O)C(=O)NCCOC)C(=O)CC(CCC(=O)C(=O)NCCOC)C(=O)C(=O)NCCOC)N1CCC[C@H]1C(N)=O)C(=O)NC(CCC(=O)C(=O)NCCOC)C(=O)C(=O)NCCOC)C(=O)C(=O)NCCOC. The van der Waals surface area contributed by atoms with E-state index >= 15 is 9.59 Å². The summed E-state index contributed by atoms with van der Waals surface area (Å²) in [7, 11) is 10.4. The summed E-state index contributed by atoms with van der Waals surface area (Å²) in [6.07, 6.45) is -12.1. The molecule has 0 aromatic rings. The molecule has 8 atom stereocenters. The Morgan fingerprint density at radius 1 is 0.319 bits per heavy atom. The minimum absolute atomic E-state index is 0.00228. The maximum atomic E-state index is 15.3. The third-order valence-electron chi connectivity index (χ3n) is 18.0. The van der Waals surface area contributed by atoms with Crippen molar-refractivity contribution in [1.82, 2.24) is 68.7 Å². The van der Waals surface area contributed by atoms with Gasteiger partial charge in [0, 0.05) is 179 Å². The summed E-state index contributed by atoms with van der Waals surface area (Å²) in [5, 5.41) is 27.9. The van der Waals surface area contributed by atoms with E-state index in [4.69, 9.17) is 43.6 Å². The van der Waals surface area contributed by atoms with Gasteiger partial charge in [-0.1, -0.05) is 0 Å². The smallest absolute Gasteiger partial charge is 0.289 e. The van der Waals surface area contributed by atoms with E-state index in [9.17, 15) is 101 Å². The number of likely N-dealkylation sites (tertiary alicyclic amines) is 1. The second-order valence-electron chi connectivity index (χ2n) is 26.9. The van der Waals surface area contributed by atoms with E-state index < -0.39 is 285 Å². The molecule has 45 nitrogen and oxygen atoms in total. The number of carbonyl (C=O) groups excluding carboxylic acids is 23. The minimum atomic E-state index is -2.00. The lowest BCUT2D eigenvalue weighted by Gasteiger charge is -2.32. The molecule has 13 amide bonds. The highest BCUT2D eigenvalue weighted by Gasteiger charge is 2.42. The first-order valence-electron chi connectivity index (χ1n) is 38.4. The molecule has 0 saturated carbocycles. The fourth-order valence-corrected chi connectivity index (χ4v) is 11.5. The Kier molecular flexibility index (Phi) is 55.2. The number of amides is 13. The monoisotopic (exact) mass is 1700 g/mol. The van der Waals surface area contributed by atoms with Gasteiger partial charge in [0.15, 0.2) is 5.78 Å². The van der Waals surface area contributed by atoms with Gasteiger partial charge in [-0.25, -0.2) is 0 Å². The lowest BCUT2D eigenvalue weighted by atomic mass is 9.88. The van der Waals surface area contributed by atoms with Crippen molar-refractivity contribution in [3.8, 4) is 0 Å². The Labute approximate surface area is 687 Å². The van der Waals surface area contributed by atoms with Gasteiger partial charge in [-0.3, -0.25) is 115 Å². The topological polar surface area (TPSA) is 640 Å². The van der Waals surface area contributed by atoms with Gasteiger partial charge in [0.1, 0.15) is 11.8 Å². The van der Waals surface area contributed by atoms with Crippen molar-refractivity contribution < 1.29 is 148 Å². The number of primary amides is 1. The van der Waals surface area contributed by atoms with Crippen LogP contribution in [-0.4, -0.2) is 344 Å². The Morgan fingerprint density at radius 3 is 0.975 bits per heavy atom. The van der Waals surface area contributed by atoms with Crippen LogP contribution in [0.2, 0.25) is 0 Å². The van der Waals surface area contributed by atoms with Crippen LogP contribution in [0.4, 0.5) is 0 Å². The van der Waals surface area contributed by atoms with Gasteiger partial charge in [0.2, 0.25) is 75.8 Å². The molecule has 668 valence electrons. The fourth-order valence-electron chi connectivity index (χ4n) is 11.5. The first kappa shape index (κ1) is 106. The van der Waals surface area contributed by atoms with E-state index in [-0.39, 0.29) is 125 Å². The minimum Gasteiger partial charge on any atom is -0.383 e. The van der Waals surface area contributed by atoms with Gasteiger partial charge >= 0.3 is 0 Å². The summed E-state index contributed by atoms with van der Waals surface area (Å²) in [6.45, 7) is -1.84. The molecule has 1 rings (SSSR count). The summed E-state index contributed by atoms with van der Waals surface area (Å²) >= 11 is 0. The van der Waals surface area contributed by atoms with Crippen LogP contribution >= 0.6 is 0 Å². The summed E-state index contributed by atoms with van der Waals surface area (Å²) in [5.74, 6) is -30.4. The third-order valence-corrected chi connectivity index (χ3v) is 18.0. The Morgan fingerprint density at radius 2 is 0.613 bits per heavy atom. The molecular weight excluding hydrogens is 1580 g/mol. The first-order valence-corrected chi connectivity index (χ1v) is 38.4. The number of nitrogens with one attached hydrogen (secondary N) is 12. The summed E-state index contributed by atoms with van der Waals surface area (Å²) in [5.41, 5.74) is 5.88. The van der Waals surface area contributed by atoms with Crippen molar-refractivity contribution >= 4 is 135 Å². The Hall–Kier alpha value is -10.5. The van der Waals surface area contributed by atoms with Crippen LogP contribution in [0.5, 0.6) is 0 Å². The van der Waals surface area contributed by atoms with Gasteiger partial charge in [-0.05, 0) is 64.3 Å². The summed E-state index contributed by atoms with van der Waals surface area (Å²) in [6, 6.07) is -10.9. The highest BCUT2D eigenvalue weighted by molar-refractivity contribution is 6.41. The standard InChI is InChI=1S/C74H116N14O31/c1-112-34-25-76-67(104)53(90)19-11-44(60(97)71(108)80-29-38-116-5)42-46(89)13-14-50(65(102)87-49(63(100)74(111)83-32-41-119-8)16-22-56(93)70(107)79-28-37-115-4)85-59(96)24-18-52(88-33-9-10-51(88)64(75)101)66(103)86-47(57(94)43-45(61(98)72(109)81-30-39-117-6)12-20-54(91)68(105)77-26-35-113-2)17-23-58(95)84-48(62(99)73(110)82-31-40-118-7)15-21-55(92)69(106)78-27-36-114-3/h44-45,47-52H,9-43H2,1-8H3,(H2,75,101)(H,76,104)(H,77,105)(H,78,106)(H,79,107)(H,80,108)(H,81,109)(H,82,110)(H,83,111)(H,84,95)(H,85,96)(H,86,103)(H,87,102)/t44?,45?,47?,48?,49?,50?,51-,52?/m0/s1. The highest BCUT2D eigenvalue weighted by Crippen LogP contribution is 2.25. The molecule has 45 heteroatoms. The number of ketones is 10. The average molecular weight is 1700 g/mol. The molecule has 1 fully saturated rings. The van der Waals surface area contributed by atoms with Crippen molar-refractivity contribution in [3.63, 3.8) is 0 Å². The summed E-state index contributed by atoms with van der Waals surface area (Å²) in [4.78, 5) is 314. The predicted molar refractivity (Wildman–Crippen MR) is 410 cm³/mol. The molecule has 0 aromatic heterocycles. The van der Waals surface area contributed by atoms with Gasteiger partial charge < -0.3 is 107 Å². The van der Waals surface area contributed by atoms with E-state index in [1.54, 1.807) is 0 Å². The van der Waals surface area contributed by atoms with Crippen LogP contribution in [0.3, 0.4) is 0 Å². The highest BCUT2D eigenvalue weighted by atomic mass is 16.5. The number of ether oxygens (including phenoxy) is 8. The zero-order chi connectivity index (χ0) is 89.4. The maximum Gasteiger partial charge on any atom is 0.289 e.